The molecule has 0 atom stereocenters. The van der Waals surface area contributed by atoms with Gasteiger partial charge in [0, 0.05) is 16.3 Å². The average molecular weight is 448 g/mol. The van der Waals surface area contributed by atoms with Gasteiger partial charge in [0.1, 0.15) is 5.57 Å². The van der Waals surface area contributed by atoms with E-state index in [2.05, 4.69) is 4.72 Å². The molecule has 1 spiro atoms. The van der Waals surface area contributed by atoms with E-state index in [0.29, 0.717) is 34.7 Å². The highest BCUT2D eigenvalue weighted by molar-refractivity contribution is 7.92. The largest absolute Gasteiger partial charge is 0.507 e. The molecule has 2 aromatic carbocycles. The van der Waals surface area contributed by atoms with E-state index in [9.17, 15) is 18.3 Å². The maximum atomic E-state index is 12.6. The lowest BCUT2D eigenvalue weighted by Gasteiger charge is -2.21. The van der Waals surface area contributed by atoms with E-state index >= 15 is 0 Å². The SMILES string of the molecule is Cc1cc(-c2cccc(NS(C)(=O)=O)c2)c(Cl)cc1C1=C(O)C2(CCCC2)OC1=O. The zero-order chi connectivity index (χ0) is 21.7. The van der Waals surface area contributed by atoms with Gasteiger partial charge in [0.25, 0.3) is 0 Å². The van der Waals surface area contributed by atoms with Crippen LogP contribution in [0.15, 0.2) is 42.2 Å². The molecule has 1 aliphatic heterocycles. The molecule has 1 heterocycles. The van der Waals surface area contributed by atoms with Crippen LogP contribution >= 0.6 is 11.6 Å². The maximum Gasteiger partial charge on any atom is 0.343 e. The van der Waals surface area contributed by atoms with Crippen LogP contribution in [0.1, 0.15) is 36.8 Å². The first-order valence-corrected chi connectivity index (χ1v) is 11.9. The van der Waals surface area contributed by atoms with Gasteiger partial charge >= 0.3 is 5.97 Å². The first kappa shape index (κ1) is 20.8. The number of carbonyl (C=O) groups excluding carboxylic acids is 1. The minimum absolute atomic E-state index is 0.00346. The van der Waals surface area contributed by atoms with Crippen molar-refractivity contribution in [3.8, 4) is 11.1 Å². The van der Waals surface area contributed by atoms with Crippen LogP contribution in [-0.4, -0.2) is 31.4 Å². The Balaban J connectivity index is 1.76. The summed E-state index contributed by atoms with van der Waals surface area (Å²) in [5.74, 6) is -0.531. The van der Waals surface area contributed by atoms with Crippen molar-refractivity contribution in [3.63, 3.8) is 0 Å². The van der Waals surface area contributed by atoms with Crippen LogP contribution in [0.2, 0.25) is 5.02 Å². The van der Waals surface area contributed by atoms with E-state index in [1.54, 1.807) is 24.3 Å². The summed E-state index contributed by atoms with van der Waals surface area (Å²) in [6, 6.07) is 10.4. The fraction of sp³-hybridized carbons (Fsp3) is 0.318. The van der Waals surface area contributed by atoms with Gasteiger partial charge < -0.3 is 9.84 Å². The number of benzene rings is 2. The first-order chi connectivity index (χ1) is 14.1. The number of aliphatic hydroxyl groups excluding tert-OH is 1. The number of aryl methyl sites for hydroxylation is 1. The van der Waals surface area contributed by atoms with E-state index in [4.69, 9.17) is 16.3 Å². The lowest BCUT2D eigenvalue weighted by Crippen LogP contribution is -2.27. The monoisotopic (exact) mass is 447 g/mol. The molecule has 0 aromatic heterocycles. The summed E-state index contributed by atoms with van der Waals surface area (Å²) in [6.07, 6.45) is 4.14. The summed E-state index contributed by atoms with van der Waals surface area (Å²) in [5.41, 5.74) is 2.42. The number of nitrogens with one attached hydrogen (secondary N) is 1. The summed E-state index contributed by atoms with van der Waals surface area (Å²) in [5, 5.41) is 11.2. The van der Waals surface area contributed by atoms with Crippen molar-refractivity contribution in [1.82, 2.24) is 0 Å². The normalized spacial score (nSPS) is 18.2. The van der Waals surface area contributed by atoms with Crippen LogP contribution in [0.4, 0.5) is 5.69 Å². The third-order valence-corrected chi connectivity index (χ3v) is 6.55. The van der Waals surface area contributed by atoms with E-state index in [1.165, 1.54) is 0 Å². The molecule has 6 nitrogen and oxygen atoms in total. The van der Waals surface area contributed by atoms with Gasteiger partial charge in [0.05, 0.1) is 6.26 Å². The molecule has 0 amide bonds. The lowest BCUT2D eigenvalue weighted by molar-refractivity contribution is -0.146. The summed E-state index contributed by atoms with van der Waals surface area (Å²) in [6.45, 7) is 1.83. The Morgan fingerprint density at radius 1 is 1.13 bits per heavy atom. The molecule has 1 saturated carbocycles. The smallest absolute Gasteiger partial charge is 0.343 e. The number of anilines is 1. The van der Waals surface area contributed by atoms with Gasteiger partial charge in [-0.05, 0) is 73.6 Å². The zero-order valence-electron chi connectivity index (χ0n) is 16.7. The van der Waals surface area contributed by atoms with Gasteiger partial charge in [0.15, 0.2) is 11.4 Å². The predicted molar refractivity (Wildman–Crippen MR) is 117 cm³/mol. The molecule has 2 aromatic rings. The van der Waals surface area contributed by atoms with Crippen LogP contribution < -0.4 is 4.72 Å². The fourth-order valence-electron chi connectivity index (χ4n) is 4.26. The Morgan fingerprint density at radius 3 is 2.50 bits per heavy atom. The number of hydrogen-bond acceptors (Lipinski definition) is 5. The van der Waals surface area contributed by atoms with Crippen molar-refractivity contribution in [2.75, 3.05) is 11.0 Å². The number of sulfonamides is 1. The molecule has 1 aliphatic carbocycles. The minimum Gasteiger partial charge on any atom is -0.507 e. The molecule has 2 aliphatic rings. The van der Waals surface area contributed by atoms with Gasteiger partial charge in [-0.25, -0.2) is 13.2 Å². The van der Waals surface area contributed by atoms with Gasteiger partial charge in [-0.1, -0.05) is 23.7 Å². The molecule has 8 heteroatoms. The second-order valence-corrected chi connectivity index (χ2v) is 10.1. The number of aliphatic hydroxyl groups is 1. The molecule has 0 unspecified atom stereocenters. The molecule has 0 radical (unpaired) electrons. The van der Waals surface area contributed by atoms with Crippen LogP contribution in [0.5, 0.6) is 0 Å². The highest BCUT2D eigenvalue weighted by Gasteiger charge is 2.50. The Bertz CT molecular complexity index is 1180. The Morgan fingerprint density at radius 2 is 1.83 bits per heavy atom. The molecular formula is C22H22ClNO5S. The van der Waals surface area contributed by atoms with Crippen LogP contribution in [0.25, 0.3) is 16.7 Å². The van der Waals surface area contributed by atoms with Gasteiger partial charge in [0.2, 0.25) is 10.0 Å². The molecule has 30 heavy (non-hydrogen) atoms. The predicted octanol–water partition coefficient (Wildman–Crippen LogP) is 4.83. The summed E-state index contributed by atoms with van der Waals surface area (Å²) >= 11 is 6.55. The third-order valence-electron chi connectivity index (χ3n) is 5.63. The Labute approximate surface area is 180 Å². The lowest BCUT2D eigenvalue weighted by atomic mass is 9.91. The van der Waals surface area contributed by atoms with Crippen molar-refractivity contribution >= 4 is 38.9 Å². The maximum absolute atomic E-state index is 12.6. The number of rotatable bonds is 4. The molecule has 0 saturated heterocycles. The van der Waals surface area contributed by atoms with E-state index in [0.717, 1.165) is 30.2 Å². The van der Waals surface area contributed by atoms with E-state index in [1.807, 2.05) is 19.1 Å². The van der Waals surface area contributed by atoms with Crippen molar-refractivity contribution in [1.29, 1.82) is 0 Å². The zero-order valence-corrected chi connectivity index (χ0v) is 18.2. The standard InChI is InChI=1S/C22H22ClNO5S/c1-13-10-17(14-6-5-7-15(11-14)24-30(2,27)28)18(23)12-16(13)19-20(25)22(29-21(19)26)8-3-4-9-22/h5-7,10-12,24-25H,3-4,8-9H2,1-2H3. The molecule has 4 rings (SSSR count). The highest BCUT2D eigenvalue weighted by Crippen LogP contribution is 2.47. The summed E-state index contributed by atoms with van der Waals surface area (Å²) in [4.78, 5) is 12.6. The van der Waals surface area contributed by atoms with Crippen molar-refractivity contribution in [2.24, 2.45) is 0 Å². The second-order valence-electron chi connectivity index (χ2n) is 7.92. The summed E-state index contributed by atoms with van der Waals surface area (Å²) in [7, 11) is -3.40. The number of halogens is 1. The molecule has 0 bridgehead atoms. The number of carbonyl (C=O) groups is 1. The fourth-order valence-corrected chi connectivity index (χ4v) is 5.09. The molecule has 158 valence electrons. The van der Waals surface area contributed by atoms with Crippen LogP contribution in [0, 0.1) is 6.92 Å². The van der Waals surface area contributed by atoms with Crippen LogP contribution in [-0.2, 0) is 19.6 Å². The number of ether oxygens (including phenoxy) is 1. The van der Waals surface area contributed by atoms with E-state index in [-0.39, 0.29) is 11.3 Å². The second kappa shape index (κ2) is 7.32. The van der Waals surface area contributed by atoms with Crippen LogP contribution in [0.3, 0.4) is 0 Å². The van der Waals surface area contributed by atoms with Gasteiger partial charge in [-0.3, -0.25) is 4.72 Å². The minimum atomic E-state index is -3.40. The molecule has 1 fully saturated rings. The van der Waals surface area contributed by atoms with E-state index < -0.39 is 21.6 Å². The number of hydrogen-bond donors (Lipinski definition) is 2. The molecular weight excluding hydrogens is 426 g/mol. The Hall–Kier alpha value is -2.51. The van der Waals surface area contributed by atoms with Gasteiger partial charge in [-0.15, -0.1) is 0 Å². The topological polar surface area (TPSA) is 92.7 Å². The molecule has 2 N–H and O–H groups in total. The number of esters is 1. The highest BCUT2D eigenvalue weighted by atomic mass is 35.5. The van der Waals surface area contributed by atoms with Crippen molar-refractivity contribution in [3.05, 3.63) is 58.3 Å². The first-order valence-electron chi connectivity index (χ1n) is 9.65. The van der Waals surface area contributed by atoms with Crippen molar-refractivity contribution < 1.29 is 23.1 Å². The van der Waals surface area contributed by atoms with Crippen molar-refractivity contribution in [2.45, 2.75) is 38.2 Å². The Kier molecular flexibility index (Phi) is 5.06. The quantitative estimate of drug-likeness (QED) is 0.655. The third kappa shape index (κ3) is 3.68. The van der Waals surface area contributed by atoms with Gasteiger partial charge in [-0.2, -0.15) is 0 Å². The summed E-state index contributed by atoms with van der Waals surface area (Å²) < 4.78 is 31.1. The average Bonchev–Trinajstić information content (AvgIpc) is 3.21.